The lowest BCUT2D eigenvalue weighted by Crippen LogP contribution is -2.15. The molecule has 0 aromatic heterocycles. The fraction of sp³-hybridized carbons (Fsp3) is 0.0500. The van der Waals surface area contributed by atoms with Crippen molar-refractivity contribution in [2.24, 2.45) is 0 Å². The molecular formula is C20H12Cl2O6. The van der Waals surface area contributed by atoms with Gasteiger partial charge in [-0.2, -0.15) is 0 Å². The number of aromatic carboxylic acids is 1. The molecule has 0 radical (unpaired) electrons. The van der Waals surface area contributed by atoms with Crippen LogP contribution in [0.4, 0.5) is 0 Å². The van der Waals surface area contributed by atoms with Crippen LogP contribution in [0.15, 0.2) is 42.5 Å². The summed E-state index contributed by atoms with van der Waals surface area (Å²) in [6.45, 7) is 0. The van der Waals surface area contributed by atoms with Crippen LogP contribution in [0, 0.1) is 0 Å². The molecule has 0 aliphatic carbocycles. The summed E-state index contributed by atoms with van der Waals surface area (Å²) in [4.78, 5) is 11.8. The third-order valence-electron chi connectivity index (χ3n) is 4.63. The molecule has 1 aliphatic rings. The number of carboxylic acid groups (broad SMARTS) is 1. The first kappa shape index (κ1) is 18.3. The van der Waals surface area contributed by atoms with E-state index in [1.54, 1.807) is 24.3 Å². The summed E-state index contributed by atoms with van der Waals surface area (Å²) < 4.78 is 5.74. The van der Waals surface area contributed by atoms with E-state index in [0.29, 0.717) is 11.1 Å². The first-order valence-corrected chi connectivity index (χ1v) is 8.82. The Balaban J connectivity index is 2.12. The first-order valence-electron chi connectivity index (χ1n) is 8.07. The van der Waals surface area contributed by atoms with Crippen molar-refractivity contribution in [3.8, 4) is 28.7 Å². The zero-order valence-electron chi connectivity index (χ0n) is 14.0. The average molecular weight is 419 g/mol. The van der Waals surface area contributed by atoms with Crippen molar-refractivity contribution in [2.45, 2.75) is 5.92 Å². The SMILES string of the molecule is O=C(O)c1ccccc1C1c2ccc(O)cc2Oc2c(Cl)c(O)c(Cl)c(O)c21. The Morgan fingerprint density at radius 1 is 0.929 bits per heavy atom. The summed E-state index contributed by atoms with van der Waals surface area (Å²) in [7, 11) is 0. The molecule has 0 spiro atoms. The molecule has 0 saturated carbocycles. The van der Waals surface area contributed by atoms with Crippen molar-refractivity contribution in [1.82, 2.24) is 0 Å². The lowest BCUT2D eigenvalue weighted by atomic mass is 9.80. The molecule has 1 atom stereocenters. The van der Waals surface area contributed by atoms with Gasteiger partial charge in [0.2, 0.25) is 0 Å². The van der Waals surface area contributed by atoms with Crippen LogP contribution < -0.4 is 4.74 Å². The molecule has 28 heavy (non-hydrogen) atoms. The minimum absolute atomic E-state index is 0.0131. The quantitative estimate of drug-likeness (QED) is 0.360. The number of fused-ring (bicyclic) bond motifs is 2. The lowest BCUT2D eigenvalue weighted by molar-refractivity contribution is 0.0695. The van der Waals surface area contributed by atoms with E-state index in [1.165, 1.54) is 18.2 Å². The van der Waals surface area contributed by atoms with Crippen LogP contribution in [0.3, 0.4) is 0 Å². The molecule has 8 heteroatoms. The van der Waals surface area contributed by atoms with Gasteiger partial charge in [-0.25, -0.2) is 4.79 Å². The van der Waals surface area contributed by atoms with E-state index >= 15 is 0 Å². The molecular weight excluding hydrogens is 407 g/mol. The third-order valence-corrected chi connectivity index (χ3v) is 5.34. The fourth-order valence-electron chi connectivity index (χ4n) is 3.41. The molecule has 0 saturated heterocycles. The summed E-state index contributed by atoms with van der Waals surface area (Å²) in [5, 5.41) is 39.6. The van der Waals surface area contributed by atoms with Crippen LogP contribution in [-0.2, 0) is 0 Å². The Morgan fingerprint density at radius 3 is 2.36 bits per heavy atom. The smallest absolute Gasteiger partial charge is 0.335 e. The predicted molar refractivity (Wildman–Crippen MR) is 102 cm³/mol. The average Bonchev–Trinajstić information content (AvgIpc) is 2.69. The number of carboxylic acids is 1. The third kappa shape index (κ3) is 2.61. The molecule has 0 fully saturated rings. The van der Waals surface area contributed by atoms with Crippen molar-refractivity contribution in [1.29, 1.82) is 0 Å². The number of halogens is 2. The van der Waals surface area contributed by atoms with E-state index in [2.05, 4.69) is 0 Å². The molecule has 0 amide bonds. The van der Waals surface area contributed by atoms with E-state index in [9.17, 15) is 25.2 Å². The highest BCUT2D eigenvalue weighted by Gasteiger charge is 2.37. The first-order chi connectivity index (χ1) is 13.3. The normalized spacial score (nSPS) is 14.7. The number of aromatic hydroxyl groups is 3. The summed E-state index contributed by atoms with van der Waals surface area (Å²) in [6, 6.07) is 10.6. The summed E-state index contributed by atoms with van der Waals surface area (Å²) >= 11 is 12.2. The maximum Gasteiger partial charge on any atom is 0.335 e. The van der Waals surface area contributed by atoms with Gasteiger partial charge in [-0.3, -0.25) is 0 Å². The van der Waals surface area contributed by atoms with Gasteiger partial charge >= 0.3 is 5.97 Å². The van der Waals surface area contributed by atoms with Gasteiger partial charge in [0.15, 0.2) is 11.5 Å². The fourth-order valence-corrected chi connectivity index (χ4v) is 3.89. The minimum Gasteiger partial charge on any atom is -0.508 e. The summed E-state index contributed by atoms with van der Waals surface area (Å²) in [5.74, 6) is -2.94. The van der Waals surface area contributed by atoms with Crippen LogP contribution in [0.25, 0.3) is 0 Å². The Morgan fingerprint density at radius 2 is 1.64 bits per heavy atom. The number of ether oxygens (including phenoxy) is 1. The molecule has 1 unspecified atom stereocenters. The van der Waals surface area contributed by atoms with Crippen LogP contribution in [0.1, 0.15) is 33.0 Å². The standard InChI is InChI=1S/C20H12Cl2O6/c21-15-17(24)14-13(9-3-1-2-4-10(9)20(26)27)11-6-5-8(23)7-12(11)28-19(14)16(22)18(15)25/h1-7,13,23-25H,(H,26,27). The van der Waals surface area contributed by atoms with E-state index in [0.717, 1.165) is 0 Å². The molecule has 6 nitrogen and oxygen atoms in total. The second kappa shape index (κ2) is 6.51. The monoisotopic (exact) mass is 418 g/mol. The van der Waals surface area contributed by atoms with Crippen LogP contribution >= 0.6 is 23.2 Å². The van der Waals surface area contributed by atoms with Gasteiger partial charge in [0.05, 0.1) is 11.1 Å². The van der Waals surface area contributed by atoms with Crippen molar-refractivity contribution in [2.75, 3.05) is 0 Å². The molecule has 142 valence electrons. The van der Waals surface area contributed by atoms with Gasteiger partial charge < -0.3 is 25.2 Å². The van der Waals surface area contributed by atoms with E-state index in [-0.39, 0.29) is 38.4 Å². The lowest BCUT2D eigenvalue weighted by Gasteiger charge is -2.31. The Kier molecular flexibility index (Phi) is 4.25. The van der Waals surface area contributed by atoms with E-state index < -0.39 is 23.4 Å². The van der Waals surface area contributed by atoms with Gasteiger partial charge in [-0.05, 0) is 17.7 Å². The van der Waals surface area contributed by atoms with E-state index in [4.69, 9.17) is 27.9 Å². The summed E-state index contributed by atoms with van der Waals surface area (Å²) in [5.41, 5.74) is 0.991. The summed E-state index contributed by atoms with van der Waals surface area (Å²) in [6.07, 6.45) is 0. The molecule has 4 rings (SSSR count). The van der Waals surface area contributed by atoms with Crippen molar-refractivity contribution in [3.05, 3.63) is 74.8 Å². The van der Waals surface area contributed by atoms with Gasteiger partial charge in [-0.1, -0.05) is 47.5 Å². The Labute approximate surface area is 168 Å². The van der Waals surface area contributed by atoms with E-state index in [1.807, 2.05) is 0 Å². The minimum atomic E-state index is -1.15. The molecule has 1 heterocycles. The maximum absolute atomic E-state index is 11.8. The molecule has 0 bridgehead atoms. The maximum atomic E-state index is 11.8. The van der Waals surface area contributed by atoms with Crippen molar-refractivity contribution in [3.63, 3.8) is 0 Å². The second-order valence-corrected chi connectivity index (χ2v) is 6.97. The highest BCUT2D eigenvalue weighted by atomic mass is 35.5. The highest BCUT2D eigenvalue weighted by Crippen LogP contribution is 2.58. The number of phenolic OH excluding ortho intramolecular Hbond substituents is 3. The van der Waals surface area contributed by atoms with Crippen molar-refractivity contribution < 1.29 is 30.0 Å². The van der Waals surface area contributed by atoms with Crippen molar-refractivity contribution >= 4 is 29.2 Å². The van der Waals surface area contributed by atoms with Crippen LogP contribution in [-0.4, -0.2) is 26.4 Å². The topological polar surface area (TPSA) is 107 Å². The number of phenols is 3. The van der Waals surface area contributed by atoms with Gasteiger partial charge in [0.1, 0.15) is 27.3 Å². The number of hydrogen-bond donors (Lipinski definition) is 4. The number of carbonyl (C=O) groups is 1. The Hall–Kier alpha value is -3.09. The largest absolute Gasteiger partial charge is 0.508 e. The van der Waals surface area contributed by atoms with Gasteiger partial charge in [-0.15, -0.1) is 0 Å². The highest BCUT2D eigenvalue weighted by molar-refractivity contribution is 6.39. The van der Waals surface area contributed by atoms with Gasteiger partial charge in [0.25, 0.3) is 0 Å². The molecule has 1 aliphatic heterocycles. The van der Waals surface area contributed by atoms with Crippen LogP contribution in [0.2, 0.25) is 10.0 Å². The number of rotatable bonds is 2. The Bertz CT molecular complexity index is 1140. The zero-order valence-corrected chi connectivity index (χ0v) is 15.5. The van der Waals surface area contributed by atoms with Crippen LogP contribution in [0.5, 0.6) is 28.7 Å². The molecule has 3 aromatic carbocycles. The molecule has 3 aromatic rings. The number of hydrogen-bond acceptors (Lipinski definition) is 5. The number of benzene rings is 3. The molecule has 4 N–H and O–H groups in total. The van der Waals surface area contributed by atoms with Gasteiger partial charge in [0, 0.05) is 17.5 Å². The predicted octanol–water partition coefficient (Wildman–Crippen LogP) is 5.09. The second-order valence-electron chi connectivity index (χ2n) is 6.22. The zero-order chi connectivity index (χ0) is 20.2.